The Labute approximate surface area is 158 Å². The van der Waals surface area contributed by atoms with Crippen molar-refractivity contribution < 1.29 is 0 Å². The summed E-state index contributed by atoms with van der Waals surface area (Å²) in [5.74, 6) is 1.90. The van der Waals surface area contributed by atoms with Crippen molar-refractivity contribution in [1.82, 2.24) is 24.5 Å². The van der Waals surface area contributed by atoms with Gasteiger partial charge in [-0.1, -0.05) is 30.3 Å². The quantitative estimate of drug-likeness (QED) is 0.564. The smallest absolute Gasteiger partial charge is 0.171 e. The number of aromatic nitrogens is 4. The summed E-state index contributed by atoms with van der Waals surface area (Å²) in [4.78, 5) is 9.63. The van der Waals surface area contributed by atoms with E-state index in [1.165, 1.54) is 5.69 Å². The molecule has 3 heterocycles. The van der Waals surface area contributed by atoms with Crippen LogP contribution in [0.2, 0.25) is 0 Å². The number of hydrogen-bond donors (Lipinski definition) is 0. The first-order chi connectivity index (χ1) is 13.3. The first-order valence-electron chi connectivity index (χ1n) is 9.41. The minimum absolute atomic E-state index is 0.796. The molecule has 1 saturated heterocycles. The molecule has 0 N–H and O–H groups in total. The SMILES string of the molecule is Cc1nc2ccccc2c2nnc(CN3CCN(c4ccccc4)CC3)n12. The van der Waals surface area contributed by atoms with Gasteiger partial charge in [0.1, 0.15) is 5.82 Å². The number of hydrogen-bond acceptors (Lipinski definition) is 5. The molecule has 0 bridgehead atoms. The van der Waals surface area contributed by atoms with E-state index < -0.39 is 0 Å². The van der Waals surface area contributed by atoms with Gasteiger partial charge in [0, 0.05) is 37.3 Å². The molecule has 0 aliphatic carbocycles. The van der Waals surface area contributed by atoms with E-state index in [1.54, 1.807) is 0 Å². The van der Waals surface area contributed by atoms with Crippen LogP contribution >= 0.6 is 0 Å². The molecule has 0 unspecified atom stereocenters. The van der Waals surface area contributed by atoms with E-state index in [1.807, 2.05) is 25.1 Å². The van der Waals surface area contributed by atoms with Crippen LogP contribution in [0.5, 0.6) is 0 Å². The van der Waals surface area contributed by atoms with Crippen LogP contribution in [0.25, 0.3) is 16.6 Å². The van der Waals surface area contributed by atoms with Crippen LogP contribution in [0.4, 0.5) is 5.69 Å². The number of aryl methyl sites for hydroxylation is 1. The van der Waals surface area contributed by atoms with E-state index in [-0.39, 0.29) is 0 Å². The fraction of sp³-hybridized carbons (Fsp3) is 0.286. The highest BCUT2D eigenvalue weighted by atomic mass is 15.3. The second-order valence-corrected chi connectivity index (χ2v) is 7.05. The van der Waals surface area contributed by atoms with Gasteiger partial charge in [-0.3, -0.25) is 9.30 Å². The van der Waals surface area contributed by atoms with Gasteiger partial charge >= 0.3 is 0 Å². The number of benzene rings is 2. The van der Waals surface area contributed by atoms with Crippen molar-refractivity contribution in [1.29, 1.82) is 0 Å². The summed E-state index contributed by atoms with van der Waals surface area (Å²) in [7, 11) is 0. The molecular weight excluding hydrogens is 336 g/mol. The highest BCUT2D eigenvalue weighted by Gasteiger charge is 2.20. The maximum atomic E-state index is 4.74. The van der Waals surface area contributed by atoms with Crippen LogP contribution in [0.1, 0.15) is 11.6 Å². The van der Waals surface area contributed by atoms with Crippen LogP contribution < -0.4 is 4.90 Å². The maximum absolute atomic E-state index is 4.74. The lowest BCUT2D eigenvalue weighted by Crippen LogP contribution is -2.46. The first-order valence-corrected chi connectivity index (χ1v) is 9.41. The van der Waals surface area contributed by atoms with Gasteiger partial charge < -0.3 is 4.90 Å². The summed E-state index contributed by atoms with van der Waals surface area (Å²) in [5, 5.41) is 10.0. The maximum Gasteiger partial charge on any atom is 0.171 e. The summed E-state index contributed by atoms with van der Waals surface area (Å²) in [5.41, 5.74) is 3.17. The standard InChI is InChI=1S/C21H22N6/c1-16-22-19-10-6-5-9-18(19)21-24-23-20(27(16)21)15-25-11-13-26(14-12-25)17-7-3-2-4-8-17/h2-10H,11-15H2,1H3. The predicted octanol–water partition coefficient (Wildman–Crippen LogP) is 2.91. The minimum atomic E-state index is 0.796. The van der Waals surface area contributed by atoms with Gasteiger partial charge in [-0.15, -0.1) is 10.2 Å². The van der Waals surface area contributed by atoms with E-state index in [0.29, 0.717) is 0 Å². The van der Waals surface area contributed by atoms with Crippen molar-refractivity contribution in [2.75, 3.05) is 31.1 Å². The van der Waals surface area contributed by atoms with Gasteiger partial charge in [0.15, 0.2) is 11.5 Å². The Morgan fingerprint density at radius 2 is 1.59 bits per heavy atom. The summed E-state index contributed by atoms with van der Waals surface area (Å²) in [6.07, 6.45) is 0. The van der Waals surface area contributed by atoms with Crippen molar-refractivity contribution in [2.24, 2.45) is 0 Å². The predicted molar refractivity (Wildman–Crippen MR) is 107 cm³/mol. The van der Waals surface area contributed by atoms with E-state index >= 15 is 0 Å². The Morgan fingerprint density at radius 1 is 0.852 bits per heavy atom. The van der Waals surface area contributed by atoms with Gasteiger partial charge in [-0.2, -0.15) is 0 Å². The normalized spacial score (nSPS) is 15.7. The molecule has 6 nitrogen and oxygen atoms in total. The van der Waals surface area contributed by atoms with Crippen molar-refractivity contribution in [3.8, 4) is 0 Å². The topological polar surface area (TPSA) is 49.6 Å². The summed E-state index contributed by atoms with van der Waals surface area (Å²) >= 11 is 0. The van der Waals surface area contributed by atoms with Crippen LogP contribution in [0.3, 0.4) is 0 Å². The monoisotopic (exact) mass is 358 g/mol. The van der Waals surface area contributed by atoms with Gasteiger partial charge in [0.2, 0.25) is 0 Å². The first kappa shape index (κ1) is 16.2. The third-order valence-electron chi connectivity index (χ3n) is 5.34. The molecule has 27 heavy (non-hydrogen) atoms. The Morgan fingerprint density at radius 3 is 2.41 bits per heavy atom. The second-order valence-electron chi connectivity index (χ2n) is 7.05. The average molecular weight is 358 g/mol. The van der Waals surface area contributed by atoms with Gasteiger partial charge in [-0.05, 0) is 31.2 Å². The molecule has 6 heteroatoms. The molecule has 0 radical (unpaired) electrons. The third-order valence-corrected chi connectivity index (χ3v) is 5.34. The Bertz CT molecular complexity index is 1080. The van der Waals surface area contributed by atoms with E-state index in [4.69, 9.17) is 4.98 Å². The van der Waals surface area contributed by atoms with Crippen LogP contribution in [0.15, 0.2) is 54.6 Å². The van der Waals surface area contributed by atoms with Crippen molar-refractivity contribution in [3.63, 3.8) is 0 Å². The van der Waals surface area contributed by atoms with E-state index in [2.05, 4.69) is 60.8 Å². The zero-order chi connectivity index (χ0) is 18.2. The van der Waals surface area contributed by atoms with Crippen molar-refractivity contribution in [2.45, 2.75) is 13.5 Å². The number of nitrogens with zero attached hydrogens (tertiary/aromatic N) is 6. The molecule has 1 aliphatic heterocycles. The largest absolute Gasteiger partial charge is 0.369 e. The summed E-state index contributed by atoms with van der Waals surface area (Å²) in [6.45, 7) is 6.92. The Kier molecular flexibility index (Phi) is 3.98. The molecule has 0 amide bonds. The molecule has 0 atom stereocenters. The summed E-state index contributed by atoms with van der Waals surface area (Å²) in [6, 6.07) is 18.8. The minimum Gasteiger partial charge on any atom is -0.369 e. The number of para-hydroxylation sites is 2. The molecule has 136 valence electrons. The van der Waals surface area contributed by atoms with Crippen molar-refractivity contribution >= 4 is 22.2 Å². The number of piperazine rings is 1. The Hall–Kier alpha value is -2.99. The van der Waals surface area contributed by atoms with Crippen LogP contribution in [0, 0.1) is 6.92 Å². The molecule has 2 aromatic heterocycles. The van der Waals surface area contributed by atoms with Gasteiger partial charge in [-0.25, -0.2) is 4.98 Å². The molecule has 0 saturated carbocycles. The number of anilines is 1. The lowest BCUT2D eigenvalue weighted by Gasteiger charge is -2.35. The van der Waals surface area contributed by atoms with E-state index in [9.17, 15) is 0 Å². The highest BCUT2D eigenvalue weighted by Crippen LogP contribution is 2.21. The van der Waals surface area contributed by atoms with Crippen molar-refractivity contribution in [3.05, 3.63) is 66.2 Å². The second kappa shape index (κ2) is 6.63. The lowest BCUT2D eigenvalue weighted by molar-refractivity contribution is 0.243. The average Bonchev–Trinajstić information content (AvgIpc) is 3.14. The van der Waals surface area contributed by atoms with E-state index in [0.717, 1.165) is 60.9 Å². The fourth-order valence-corrected chi connectivity index (χ4v) is 3.92. The Balaban J connectivity index is 1.37. The highest BCUT2D eigenvalue weighted by molar-refractivity contribution is 5.91. The van der Waals surface area contributed by atoms with Gasteiger partial charge in [0.05, 0.1) is 12.1 Å². The number of fused-ring (bicyclic) bond motifs is 3. The number of rotatable bonds is 3. The van der Waals surface area contributed by atoms with Crippen LogP contribution in [-0.4, -0.2) is 50.7 Å². The summed E-state index contributed by atoms with van der Waals surface area (Å²) < 4.78 is 2.10. The molecule has 0 spiro atoms. The molecule has 5 rings (SSSR count). The zero-order valence-electron chi connectivity index (χ0n) is 15.4. The molecule has 1 fully saturated rings. The molecule has 1 aliphatic rings. The molecular formula is C21H22N6. The molecule has 2 aromatic carbocycles. The van der Waals surface area contributed by atoms with Crippen LogP contribution in [-0.2, 0) is 6.54 Å². The fourth-order valence-electron chi connectivity index (χ4n) is 3.92. The van der Waals surface area contributed by atoms with Gasteiger partial charge in [0.25, 0.3) is 0 Å². The molecule has 4 aromatic rings. The zero-order valence-corrected chi connectivity index (χ0v) is 15.4. The third kappa shape index (κ3) is 2.92. The lowest BCUT2D eigenvalue weighted by atomic mass is 10.2.